The third-order valence-electron chi connectivity index (χ3n) is 2.04. The van der Waals surface area contributed by atoms with Gasteiger partial charge in [-0.05, 0) is 10.4 Å². The van der Waals surface area contributed by atoms with Crippen molar-refractivity contribution in [3.8, 4) is 0 Å². The lowest BCUT2D eigenvalue weighted by Gasteiger charge is -1.99. The van der Waals surface area contributed by atoms with E-state index in [1.807, 2.05) is 0 Å². The summed E-state index contributed by atoms with van der Waals surface area (Å²) in [5, 5.41) is 15.8. The number of rotatable bonds is 7. The summed E-state index contributed by atoms with van der Waals surface area (Å²) in [6.07, 6.45) is 1.56. The van der Waals surface area contributed by atoms with Crippen LogP contribution in [0.5, 0.6) is 0 Å². The molecular formula is C9H9N7O3S. The number of aldehydes is 1. The lowest BCUT2D eigenvalue weighted by atomic mass is 10.3. The van der Waals surface area contributed by atoms with Gasteiger partial charge in [-0.2, -0.15) is 0 Å². The molecule has 0 amide bonds. The molecule has 10 nitrogen and oxygen atoms in total. The van der Waals surface area contributed by atoms with Crippen LogP contribution in [0.4, 0.5) is 5.13 Å². The molecule has 0 aliphatic rings. The molecule has 0 aliphatic carbocycles. The fraction of sp³-hybridized carbons (Fsp3) is 0.222. The van der Waals surface area contributed by atoms with Crippen molar-refractivity contribution in [3.05, 3.63) is 17.4 Å². The highest BCUT2D eigenvalue weighted by Crippen LogP contribution is 2.11. The lowest BCUT2D eigenvalue weighted by Crippen LogP contribution is -2.22. The largest absolute Gasteiger partial charge is 0.389 e. The topological polar surface area (TPSA) is 138 Å². The number of carbonyl (C=O) groups excluding carboxylic acids is 2. The maximum absolute atomic E-state index is 11.7. The van der Waals surface area contributed by atoms with Crippen molar-refractivity contribution in [2.75, 3.05) is 5.73 Å². The Kier molecular flexibility index (Phi) is 4.44. The molecular weight excluding hydrogens is 286 g/mol. The molecule has 20 heavy (non-hydrogen) atoms. The number of nitrogen functional groups attached to an aromatic ring is 1. The van der Waals surface area contributed by atoms with Crippen LogP contribution in [-0.2, 0) is 27.6 Å². The van der Waals surface area contributed by atoms with Crippen molar-refractivity contribution in [2.45, 2.75) is 13.2 Å². The zero-order valence-corrected chi connectivity index (χ0v) is 10.9. The second kappa shape index (κ2) is 6.47. The van der Waals surface area contributed by atoms with Gasteiger partial charge in [-0.25, -0.2) is 9.67 Å². The molecule has 0 bridgehead atoms. The molecule has 0 aliphatic heterocycles. The number of hydrogen-bond acceptors (Lipinski definition) is 10. The molecule has 2 heterocycles. The number of aromatic nitrogens is 5. The van der Waals surface area contributed by atoms with Crippen LogP contribution in [0, 0.1) is 0 Å². The SMILES string of the molecule is Nc1nc(CON=C(C=O)C(=O)Cn2cnnn2)cs1. The summed E-state index contributed by atoms with van der Waals surface area (Å²) in [7, 11) is 0. The lowest BCUT2D eigenvalue weighted by molar-refractivity contribution is -0.114. The van der Waals surface area contributed by atoms with Gasteiger partial charge in [0.1, 0.15) is 12.9 Å². The molecule has 0 saturated carbocycles. The minimum Gasteiger partial charge on any atom is -0.389 e. The molecule has 2 N–H and O–H groups in total. The van der Waals surface area contributed by atoms with E-state index in [4.69, 9.17) is 10.6 Å². The predicted molar refractivity (Wildman–Crippen MR) is 67.6 cm³/mol. The second-order valence-corrected chi connectivity index (χ2v) is 4.37. The van der Waals surface area contributed by atoms with Crippen LogP contribution >= 0.6 is 11.3 Å². The normalized spacial score (nSPS) is 11.3. The number of Topliss-reactive ketones (excluding diaryl/α,β-unsaturated/α-hetero) is 1. The molecule has 11 heteroatoms. The van der Waals surface area contributed by atoms with Crippen molar-refractivity contribution in [1.82, 2.24) is 25.2 Å². The van der Waals surface area contributed by atoms with Crippen molar-refractivity contribution < 1.29 is 14.4 Å². The van der Waals surface area contributed by atoms with Crippen LogP contribution in [0.2, 0.25) is 0 Å². The predicted octanol–water partition coefficient (Wildman–Crippen LogP) is -0.947. The third kappa shape index (κ3) is 3.65. The zero-order valence-electron chi connectivity index (χ0n) is 10.0. The van der Waals surface area contributed by atoms with Crippen LogP contribution < -0.4 is 5.73 Å². The third-order valence-corrected chi connectivity index (χ3v) is 2.76. The molecule has 104 valence electrons. The zero-order chi connectivity index (χ0) is 14.4. The van der Waals surface area contributed by atoms with Crippen LogP contribution in [0.25, 0.3) is 0 Å². The number of ketones is 1. The van der Waals surface area contributed by atoms with Gasteiger partial charge in [0.2, 0.25) is 5.78 Å². The quantitative estimate of drug-likeness (QED) is 0.298. The molecule has 0 atom stereocenters. The Morgan fingerprint density at radius 3 is 3.05 bits per heavy atom. The Morgan fingerprint density at radius 2 is 2.45 bits per heavy atom. The average molecular weight is 295 g/mol. The molecule has 0 unspecified atom stereocenters. The number of tetrazole rings is 1. The van der Waals surface area contributed by atoms with Gasteiger partial charge < -0.3 is 10.6 Å². The summed E-state index contributed by atoms with van der Waals surface area (Å²) in [4.78, 5) is 31.3. The van der Waals surface area contributed by atoms with E-state index < -0.39 is 5.78 Å². The first-order valence-electron chi connectivity index (χ1n) is 5.28. The Morgan fingerprint density at radius 1 is 1.60 bits per heavy atom. The summed E-state index contributed by atoms with van der Waals surface area (Å²) >= 11 is 1.25. The van der Waals surface area contributed by atoms with E-state index >= 15 is 0 Å². The molecule has 2 rings (SSSR count). The van der Waals surface area contributed by atoms with E-state index in [9.17, 15) is 9.59 Å². The van der Waals surface area contributed by atoms with Crippen LogP contribution in [0.1, 0.15) is 5.69 Å². The molecule has 0 saturated heterocycles. The van der Waals surface area contributed by atoms with Gasteiger partial charge >= 0.3 is 0 Å². The summed E-state index contributed by atoms with van der Waals surface area (Å²) in [6.45, 7) is -0.180. The molecule has 0 spiro atoms. The van der Waals surface area contributed by atoms with Gasteiger partial charge in [0.15, 0.2) is 23.7 Å². The number of thiazole rings is 1. The molecule has 0 radical (unpaired) electrons. The van der Waals surface area contributed by atoms with Gasteiger partial charge in [-0.1, -0.05) is 5.16 Å². The fourth-order valence-electron chi connectivity index (χ4n) is 1.18. The summed E-state index contributed by atoms with van der Waals surface area (Å²) in [5.41, 5.74) is 5.65. The molecule has 2 aromatic heterocycles. The monoisotopic (exact) mass is 295 g/mol. The first-order chi connectivity index (χ1) is 9.69. The van der Waals surface area contributed by atoms with Gasteiger partial charge in [0.25, 0.3) is 0 Å². The minimum atomic E-state index is -0.565. The van der Waals surface area contributed by atoms with E-state index in [1.165, 1.54) is 22.3 Å². The molecule has 2 aromatic rings. The van der Waals surface area contributed by atoms with E-state index in [1.54, 1.807) is 5.38 Å². The fourth-order valence-corrected chi connectivity index (χ4v) is 1.72. The number of hydrogen-bond donors (Lipinski definition) is 1. The van der Waals surface area contributed by atoms with Gasteiger partial charge in [0, 0.05) is 5.38 Å². The number of anilines is 1. The highest BCUT2D eigenvalue weighted by Gasteiger charge is 2.13. The van der Waals surface area contributed by atoms with Crippen molar-refractivity contribution in [1.29, 1.82) is 0 Å². The summed E-state index contributed by atoms with van der Waals surface area (Å²) in [5.74, 6) is -0.565. The van der Waals surface area contributed by atoms with E-state index in [2.05, 4.69) is 25.7 Å². The Bertz CT molecular complexity index is 621. The number of oxime groups is 1. The number of carbonyl (C=O) groups is 2. The van der Waals surface area contributed by atoms with Crippen LogP contribution in [0.3, 0.4) is 0 Å². The smallest absolute Gasteiger partial charge is 0.209 e. The van der Waals surface area contributed by atoms with E-state index in [0.717, 1.165) is 0 Å². The van der Waals surface area contributed by atoms with Crippen LogP contribution in [0.15, 0.2) is 16.9 Å². The minimum absolute atomic E-state index is 0.0171. The highest BCUT2D eigenvalue weighted by molar-refractivity contribution is 7.13. The standard InChI is InChI=1S/C9H9N7O3S/c10-9-12-6(4-20-9)3-19-13-7(2-17)8(18)1-16-5-11-14-15-16/h2,4-5H,1,3H2,(H2,10,12). The summed E-state index contributed by atoms with van der Waals surface area (Å²) in [6, 6.07) is 0. The van der Waals surface area contributed by atoms with Gasteiger partial charge in [-0.15, -0.1) is 16.4 Å². The van der Waals surface area contributed by atoms with Crippen molar-refractivity contribution in [2.24, 2.45) is 5.16 Å². The Labute approximate surface area is 116 Å². The van der Waals surface area contributed by atoms with Crippen molar-refractivity contribution >= 4 is 34.2 Å². The maximum Gasteiger partial charge on any atom is 0.209 e. The van der Waals surface area contributed by atoms with Crippen molar-refractivity contribution in [3.63, 3.8) is 0 Å². The summed E-state index contributed by atoms with van der Waals surface area (Å²) < 4.78 is 1.17. The first kappa shape index (κ1) is 13.7. The second-order valence-electron chi connectivity index (χ2n) is 3.48. The van der Waals surface area contributed by atoms with E-state index in [-0.39, 0.29) is 18.9 Å². The molecule has 0 fully saturated rings. The van der Waals surface area contributed by atoms with Crippen LogP contribution in [-0.4, -0.2) is 43.0 Å². The molecule has 0 aromatic carbocycles. The van der Waals surface area contributed by atoms with Gasteiger partial charge in [-0.3, -0.25) is 9.59 Å². The Hall–Kier alpha value is -2.69. The van der Waals surface area contributed by atoms with Gasteiger partial charge in [0.05, 0.1) is 5.69 Å². The van der Waals surface area contributed by atoms with E-state index in [0.29, 0.717) is 17.1 Å². The highest BCUT2D eigenvalue weighted by atomic mass is 32.1. The first-order valence-corrected chi connectivity index (χ1v) is 6.16. The Balaban J connectivity index is 1.91. The average Bonchev–Trinajstić information content (AvgIpc) is 3.06. The number of nitrogens with two attached hydrogens (primary N) is 1. The number of nitrogens with zero attached hydrogens (tertiary/aromatic N) is 6. The maximum atomic E-state index is 11.7.